The van der Waals surface area contributed by atoms with Crippen molar-refractivity contribution in [2.45, 2.75) is 12.5 Å². The third kappa shape index (κ3) is 3.17. The molecule has 3 nitrogen and oxygen atoms in total. The molecule has 2 rings (SSSR count). The number of hydrogen-bond acceptors (Lipinski definition) is 2. The molecular formula is C14H19N3. The van der Waals surface area contributed by atoms with E-state index in [0.717, 1.165) is 13.0 Å². The van der Waals surface area contributed by atoms with E-state index in [9.17, 15) is 0 Å². The summed E-state index contributed by atoms with van der Waals surface area (Å²) in [6, 6.07) is 12.9. The van der Waals surface area contributed by atoms with Crippen molar-refractivity contribution in [2.24, 2.45) is 0 Å². The van der Waals surface area contributed by atoms with Gasteiger partial charge in [0.05, 0.1) is 6.04 Å². The van der Waals surface area contributed by atoms with Gasteiger partial charge in [0.25, 0.3) is 0 Å². The highest BCUT2D eigenvalue weighted by Crippen LogP contribution is 2.20. The SMILES string of the molecule is CN(C)CCC(c1ccccc1)n1cccn1. The Hall–Kier alpha value is -1.61. The van der Waals surface area contributed by atoms with Crippen LogP contribution in [0.15, 0.2) is 48.8 Å². The Morgan fingerprint density at radius 2 is 1.94 bits per heavy atom. The smallest absolute Gasteiger partial charge is 0.0780 e. The number of nitrogens with zero attached hydrogens (tertiary/aromatic N) is 3. The first-order valence-electron chi connectivity index (χ1n) is 5.96. The lowest BCUT2D eigenvalue weighted by atomic mass is 10.0. The van der Waals surface area contributed by atoms with E-state index in [1.807, 2.05) is 23.1 Å². The summed E-state index contributed by atoms with van der Waals surface area (Å²) in [5.41, 5.74) is 1.32. The van der Waals surface area contributed by atoms with Gasteiger partial charge in [-0.2, -0.15) is 5.10 Å². The molecule has 1 heterocycles. The first kappa shape index (κ1) is 11.9. The zero-order chi connectivity index (χ0) is 12.1. The van der Waals surface area contributed by atoms with Crippen molar-refractivity contribution in [2.75, 3.05) is 20.6 Å². The summed E-state index contributed by atoms with van der Waals surface area (Å²) in [4.78, 5) is 2.21. The second-order valence-corrected chi connectivity index (χ2v) is 4.50. The summed E-state index contributed by atoms with van der Waals surface area (Å²) in [5.74, 6) is 0. The van der Waals surface area contributed by atoms with E-state index in [0.29, 0.717) is 6.04 Å². The van der Waals surface area contributed by atoms with Crippen molar-refractivity contribution < 1.29 is 0 Å². The van der Waals surface area contributed by atoms with Crippen LogP contribution in [0.3, 0.4) is 0 Å². The molecule has 1 unspecified atom stereocenters. The van der Waals surface area contributed by atoms with Crippen molar-refractivity contribution in [3.63, 3.8) is 0 Å². The van der Waals surface area contributed by atoms with Crippen LogP contribution in [0.25, 0.3) is 0 Å². The molecular weight excluding hydrogens is 210 g/mol. The van der Waals surface area contributed by atoms with Gasteiger partial charge in [0.2, 0.25) is 0 Å². The molecule has 3 heteroatoms. The second kappa shape index (κ2) is 5.64. The predicted molar refractivity (Wildman–Crippen MR) is 70.0 cm³/mol. The van der Waals surface area contributed by atoms with Crippen LogP contribution in [-0.4, -0.2) is 35.3 Å². The van der Waals surface area contributed by atoms with Crippen molar-refractivity contribution in [3.05, 3.63) is 54.4 Å². The molecule has 0 aliphatic rings. The minimum Gasteiger partial charge on any atom is -0.309 e. The van der Waals surface area contributed by atoms with Gasteiger partial charge >= 0.3 is 0 Å². The van der Waals surface area contributed by atoms with E-state index in [2.05, 4.69) is 54.4 Å². The Balaban J connectivity index is 2.19. The van der Waals surface area contributed by atoms with Crippen LogP contribution >= 0.6 is 0 Å². The first-order chi connectivity index (χ1) is 8.27. The molecule has 90 valence electrons. The maximum absolute atomic E-state index is 4.37. The molecule has 0 saturated carbocycles. The van der Waals surface area contributed by atoms with Gasteiger partial charge < -0.3 is 4.90 Å². The molecule has 1 aromatic heterocycles. The Morgan fingerprint density at radius 1 is 1.18 bits per heavy atom. The summed E-state index contributed by atoms with van der Waals surface area (Å²) >= 11 is 0. The summed E-state index contributed by atoms with van der Waals surface area (Å²) in [7, 11) is 4.20. The number of rotatable bonds is 5. The Kier molecular flexibility index (Phi) is 3.94. The van der Waals surface area contributed by atoms with Gasteiger partial charge in [0, 0.05) is 12.4 Å². The summed E-state index contributed by atoms with van der Waals surface area (Å²) < 4.78 is 2.04. The van der Waals surface area contributed by atoms with Gasteiger partial charge in [-0.05, 0) is 38.7 Å². The average Bonchev–Trinajstić information content (AvgIpc) is 2.84. The second-order valence-electron chi connectivity index (χ2n) is 4.50. The van der Waals surface area contributed by atoms with Crippen LogP contribution in [0.4, 0.5) is 0 Å². The molecule has 0 N–H and O–H groups in total. The van der Waals surface area contributed by atoms with Crippen LogP contribution in [0, 0.1) is 0 Å². The van der Waals surface area contributed by atoms with Crippen LogP contribution < -0.4 is 0 Å². The Bertz CT molecular complexity index is 420. The summed E-state index contributed by atoms with van der Waals surface area (Å²) in [5, 5.41) is 4.37. The fourth-order valence-electron chi connectivity index (χ4n) is 1.97. The van der Waals surface area contributed by atoms with Crippen molar-refractivity contribution >= 4 is 0 Å². The quantitative estimate of drug-likeness (QED) is 0.785. The molecule has 17 heavy (non-hydrogen) atoms. The number of hydrogen-bond donors (Lipinski definition) is 0. The van der Waals surface area contributed by atoms with Gasteiger partial charge in [-0.25, -0.2) is 0 Å². The Morgan fingerprint density at radius 3 is 2.53 bits per heavy atom. The maximum Gasteiger partial charge on any atom is 0.0780 e. The minimum atomic E-state index is 0.327. The van der Waals surface area contributed by atoms with Crippen molar-refractivity contribution in [3.8, 4) is 0 Å². The molecule has 0 radical (unpaired) electrons. The predicted octanol–water partition coefficient (Wildman–Crippen LogP) is 2.42. The van der Waals surface area contributed by atoms with E-state index in [1.165, 1.54) is 5.56 Å². The van der Waals surface area contributed by atoms with Gasteiger partial charge in [0.15, 0.2) is 0 Å². The molecule has 0 spiro atoms. The molecule has 2 aromatic rings. The van der Waals surface area contributed by atoms with E-state index >= 15 is 0 Å². The van der Waals surface area contributed by atoms with E-state index in [1.54, 1.807) is 0 Å². The first-order valence-corrected chi connectivity index (χ1v) is 5.96. The van der Waals surface area contributed by atoms with Crippen molar-refractivity contribution in [1.29, 1.82) is 0 Å². The van der Waals surface area contributed by atoms with Crippen molar-refractivity contribution in [1.82, 2.24) is 14.7 Å². The van der Waals surface area contributed by atoms with E-state index in [4.69, 9.17) is 0 Å². The topological polar surface area (TPSA) is 21.1 Å². The number of benzene rings is 1. The summed E-state index contributed by atoms with van der Waals surface area (Å²) in [6.45, 7) is 1.05. The van der Waals surface area contributed by atoms with E-state index < -0.39 is 0 Å². The highest BCUT2D eigenvalue weighted by molar-refractivity contribution is 5.19. The monoisotopic (exact) mass is 229 g/mol. The molecule has 0 aliphatic carbocycles. The molecule has 1 atom stereocenters. The normalized spacial score (nSPS) is 12.9. The fraction of sp³-hybridized carbons (Fsp3) is 0.357. The van der Waals surface area contributed by atoms with Crippen LogP contribution in [0.5, 0.6) is 0 Å². The lowest BCUT2D eigenvalue weighted by molar-refractivity contribution is 0.357. The molecule has 0 fully saturated rings. The zero-order valence-corrected chi connectivity index (χ0v) is 10.5. The van der Waals surface area contributed by atoms with Gasteiger partial charge in [-0.15, -0.1) is 0 Å². The molecule has 1 aromatic carbocycles. The summed E-state index contributed by atoms with van der Waals surface area (Å²) in [6.07, 6.45) is 4.94. The zero-order valence-electron chi connectivity index (χ0n) is 10.5. The largest absolute Gasteiger partial charge is 0.309 e. The third-order valence-electron chi connectivity index (χ3n) is 2.88. The fourth-order valence-corrected chi connectivity index (χ4v) is 1.97. The highest BCUT2D eigenvalue weighted by atomic mass is 15.3. The Labute approximate surface area is 103 Å². The minimum absolute atomic E-state index is 0.327. The lowest BCUT2D eigenvalue weighted by Crippen LogP contribution is -2.20. The third-order valence-corrected chi connectivity index (χ3v) is 2.88. The molecule has 0 aliphatic heterocycles. The van der Waals surface area contributed by atoms with Gasteiger partial charge in [0.1, 0.15) is 0 Å². The van der Waals surface area contributed by atoms with Crippen LogP contribution in [0.1, 0.15) is 18.0 Å². The number of aromatic nitrogens is 2. The van der Waals surface area contributed by atoms with Crippen LogP contribution in [0.2, 0.25) is 0 Å². The maximum atomic E-state index is 4.37. The molecule has 0 bridgehead atoms. The lowest BCUT2D eigenvalue weighted by Gasteiger charge is -2.20. The van der Waals surface area contributed by atoms with Gasteiger partial charge in [-0.1, -0.05) is 30.3 Å². The van der Waals surface area contributed by atoms with Gasteiger partial charge in [-0.3, -0.25) is 4.68 Å². The molecule has 0 saturated heterocycles. The highest BCUT2D eigenvalue weighted by Gasteiger charge is 2.13. The van der Waals surface area contributed by atoms with Crippen LogP contribution in [-0.2, 0) is 0 Å². The van der Waals surface area contributed by atoms with E-state index in [-0.39, 0.29) is 0 Å². The standard InChI is InChI=1S/C14H19N3/c1-16(2)12-9-14(17-11-6-10-15-17)13-7-4-3-5-8-13/h3-8,10-11,14H,9,12H2,1-2H3. The average molecular weight is 229 g/mol. The molecule has 0 amide bonds.